The number of methoxy groups -OCH3 is 2. The maximum atomic E-state index is 11.8. The Bertz CT molecular complexity index is 658. The zero-order valence-electron chi connectivity index (χ0n) is 13.3. The van der Waals surface area contributed by atoms with Gasteiger partial charge in [0.15, 0.2) is 11.5 Å². The van der Waals surface area contributed by atoms with E-state index in [1.807, 2.05) is 23.6 Å². The topological polar surface area (TPSA) is 86.5 Å². The van der Waals surface area contributed by atoms with Crippen molar-refractivity contribution in [1.82, 2.24) is 10.3 Å². The highest BCUT2D eigenvalue weighted by Crippen LogP contribution is 2.33. The number of rotatable bonds is 8. The minimum atomic E-state index is -0.0392. The molecule has 0 aliphatic rings. The molecular weight excluding hydrogens is 314 g/mol. The van der Waals surface area contributed by atoms with Crippen molar-refractivity contribution in [2.45, 2.75) is 12.8 Å². The maximum absolute atomic E-state index is 11.8. The molecule has 124 valence electrons. The summed E-state index contributed by atoms with van der Waals surface area (Å²) in [7, 11) is 3.20. The lowest BCUT2D eigenvalue weighted by Crippen LogP contribution is -2.27. The minimum absolute atomic E-state index is 0.0392. The lowest BCUT2D eigenvalue weighted by Gasteiger charge is -2.08. The highest BCUT2D eigenvalue weighted by Gasteiger charge is 2.11. The van der Waals surface area contributed by atoms with Crippen LogP contribution in [0.5, 0.6) is 11.5 Å². The molecule has 0 bridgehead atoms. The molecule has 0 saturated carbocycles. The first-order chi connectivity index (χ1) is 11.2. The zero-order valence-corrected chi connectivity index (χ0v) is 14.1. The molecule has 6 nitrogen and oxygen atoms in total. The van der Waals surface area contributed by atoms with Crippen molar-refractivity contribution >= 4 is 17.2 Å². The molecule has 1 heterocycles. The monoisotopic (exact) mass is 335 g/mol. The van der Waals surface area contributed by atoms with Crippen LogP contribution < -0.4 is 20.5 Å². The van der Waals surface area contributed by atoms with Crippen LogP contribution in [0, 0.1) is 0 Å². The van der Waals surface area contributed by atoms with E-state index in [0.29, 0.717) is 24.6 Å². The first-order valence-corrected chi connectivity index (χ1v) is 8.19. The molecule has 1 aromatic carbocycles. The number of hydrogen-bond acceptors (Lipinski definition) is 6. The van der Waals surface area contributed by atoms with E-state index in [-0.39, 0.29) is 12.3 Å². The molecule has 23 heavy (non-hydrogen) atoms. The van der Waals surface area contributed by atoms with Gasteiger partial charge in [-0.05, 0) is 31.2 Å². The summed E-state index contributed by atoms with van der Waals surface area (Å²) in [4.78, 5) is 16.3. The molecule has 7 heteroatoms. The highest BCUT2D eigenvalue weighted by atomic mass is 32.1. The first-order valence-electron chi connectivity index (χ1n) is 7.31. The first kappa shape index (κ1) is 17.2. The second kappa shape index (κ2) is 8.50. The predicted molar refractivity (Wildman–Crippen MR) is 91.0 cm³/mol. The second-order valence-electron chi connectivity index (χ2n) is 4.88. The largest absolute Gasteiger partial charge is 0.493 e. The number of thiazole rings is 1. The molecular formula is C16H21N3O3S. The third kappa shape index (κ3) is 4.67. The molecule has 3 N–H and O–H groups in total. The summed E-state index contributed by atoms with van der Waals surface area (Å²) in [6.07, 6.45) is 1.05. The van der Waals surface area contributed by atoms with Gasteiger partial charge >= 0.3 is 0 Å². The van der Waals surface area contributed by atoms with Crippen LogP contribution in [0.15, 0.2) is 23.6 Å². The quantitative estimate of drug-likeness (QED) is 0.719. The molecule has 2 rings (SSSR count). The van der Waals surface area contributed by atoms with Crippen molar-refractivity contribution in [1.29, 1.82) is 0 Å². The summed E-state index contributed by atoms with van der Waals surface area (Å²) in [5, 5.41) is 5.56. The van der Waals surface area contributed by atoms with Crippen LogP contribution in [0.1, 0.15) is 12.1 Å². The fourth-order valence-corrected chi connectivity index (χ4v) is 2.86. The maximum Gasteiger partial charge on any atom is 0.226 e. The van der Waals surface area contributed by atoms with E-state index < -0.39 is 0 Å². The second-order valence-corrected chi connectivity index (χ2v) is 5.74. The number of carbonyl (C=O) groups excluding carboxylic acids is 1. The van der Waals surface area contributed by atoms with Crippen molar-refractivity contribution in [3.63, 3.8) is 0 Å². The van der Waals surface area contributed by atoms with E-state index in [1.165, 1.54) is 11.3 Å². The number of carbonyl (C=O) groups is 1. The molecule has 0 spiro atoms. The smallest absolute Gasteiger partial charge is 0.226 e. The molecule has 0 aliphatic heterocycles. The average Bonchev–Trinajstić information content (AvgIpc) is 3.02. The molecule has 0 saturated heterocycles. The Hall–Kier alpha value is -2.12. The van der Waals surface area contributed by atoms with Gasteiger partial charge in [-0.25, -0.2) is 4.98 Å². The van der Waals surface area contributed by atoms with E-state index in [0.717, 1.165) is 22.7 Å². The minimum Gasteiger partial charge on any atom is -0.493 e. The van der Waals surface area contributed by atoms with Crippen LogP contribution >= 0.6 is 11.3 Å². The van der Waals surface area contributed by atoms with Crippen molar-refractivity contribution in [2.24, 2.45) is 5.73 Å². The van der Waals surface area contributed by atoms with Gasteiger partial charge in [-0.15, -0.1) is 11.3 Å². The van der Waals surface area contributed by atoms with Crippen LogP contribution in [0.25, 0.3) is 10.6 Å². The summed E-state index contributed by atoms with van der Waals surface area (Å²) >= 11 is 1.50. The standard InChI is InChI=1S/C16H21N3O3S/c1-21-13-5-4-11(8-14(13)22-2)16-19-12(10-23-16)9-15(20)18-7-3-6-17/h4-5,8,10H,3,6-7,9,17H2,1-2H3,(H,18,20). The lowest BCUT2D eigenvalue weighted by molar-refractivity contribution is -0.120. The number of nitrogens with two attached hydrogens (primary N) is 1. The molecule has 0 fully saturated rings. The molecule has 1 aromatic heterocycles. The van der Waals surface area contributed by atoms with Gasteiger partial charge in [-0.1, -0.05) is 0 Å². The van der Waals surface area contributed by atoms with E-state index in [4.69, 9.17) is 15.2 Å². The Morgan fingerprint density at radius 3 is 2.78 bits per heavy atom. The Morgan fingerprint density at radius 2 is 2.09 bits per heavy atom. The molecule has 2 aromatic rings. The number of ether oxygens (including phenoxy) is 2. The van der Waals surface area contributed by atoms with Crippen LogP contribution in [-0.4, -0.2) is 38.2 Å². The normalized spacial score (nSPS) is 10.4. The average molecular weight is 335 g/mol. The summed E-state index contributed by atoms with van der Waals surface area (Å²) in [6.45, 7) is 1.17. The number of aromatic nitrogens is 1. The van der Waals surface area contributed by atoms with Gasteiger partial charge in [0.25, 0.3) is 0 Å². The Kier molecular flexibility index (Phi) is 6.37. The van der Waals surface area contributed by atoms with Crippen LogP contribution in [-0.2, 0) is 11.2 Å². The van der Waals surface area contributed by atoms with Gasteiger partial charge < -0.3 is 20.5 Å². The third-order valence-electron chi connectivity index (χ3n) is 3.23. The highest BCUT2D eigenvalue weighted by molar-refractivity contribution is 7.13. The van der Waals surface area contributed by atoms with E-state index >= 15 is 0 Å². The Labute approximate surface area is 139 Å². The predicted octanol–water partition coefficient (Wildman–Crippen LogP) is 1.83. The zero-order chi connectivity index (χ0) is 16.7. The number of amides is 1. The van der Waals surface area contributed by atoms with Crippen LogP contribution in [0.3, 0.4) is 0 Å². The van der Waals surface area contributed by atoms with Gasteiger partial charge in [0, 0.05) is 17.5 Å². The van der Waals surface area contributed by atoms with Crippen molar-refractivity contribution in [3.8, 4) is 22.1 Å². The van der Waals surface area contributed by atoms with Crippen LogP contribution in [0.2, 0.25) is 0 Å². The molecule has 0 atom stereocenters. The van der Waals surface area contributed by atoms with Gasteiger partial charge in [0.1, 0.15) is 5.01 Å². The van der Waals surface area contributed by atoms with E-state index in [2.05, 4.69) is 10.3 Å². The van der Waals surface area contributed by atoms with Gasteiger partial charge in [0.05, 0.1) is 26.3 Å². The van der Waals surface area contributed by atoms with Gasteiger partial charge in [-0.3, -0.25) is 4.79 Å². The molecule has 0 aliphatic carbocycles. The van der Waals surface area contributed by atoms with E-state index in [9.17, 15) is 4.79 Å². The molecule has 0 unspecified atom stereocenters. The summed E-state index contributed by atoms with van der Waals surface area (Å²) in [6, 6.07) is 5.64. The van der Waals surface area contributed by atoms with Gasteiger partial charge in [-0.2, -0.15) is 0 Å². The fraction of sp³-hybridized carbons (Fsp3) is 0.375. The lowest BCUT2D eigenvalue weighted by atomic mass is 10.2. The van der Waals surface area contributed by atoms with Gasteiger partial charge in [0.2, 0.25) is 5.91 Å². The van der Waals surface area contributed by atoms with Crippen molar-refractivity contribution in [2.75, 3.05) is 27.3 Å². The number of hydrogen-bond donors (Lipinski definition) is 2. The Balaban J connectivity index is 2.05. The third-order valence-corrected chi connectivity index (χ3v) is 4.17. The van der Waals surface area contributed by atoms with Crippen molar-refractivity contribution in [3.05, 3.63) is 29.3 Å². The van der Waals surface area contributed by atoms with Crippen molar-refractivity contribution < 1.29 is 14.3 Å². The summed E-state index contributed by atoms with van der Waals surface area (Å²) < 4.78 is 10.5. The molecule has 1 amide bonds. The number of benzene rings is 1. The Morgan fingerprint density at radius 1 is 1.30 bits per heavy atom. The SMILES string of the molecule is COc1ccc(-c2nc(CC(=O)NCCCN)cs2)cc1OC. The molecule has 0 radical (unpaired) electrons. The fourth-order valence-electron chi connectivity index (χ4n) is 2.05. The summed E-state index contributed by atoms with van der Waals surface area (Å²) in [5.74, 6) is 1.29. The summed E-state index contributed by atoms with van der Waals surface area (Å²) in [5.41, 5.74) is 7.09. The number of nitrogens with zero attached hydrogens (tertiary/aromatic N) is 1. The number of nitrogens with one attached hydrogen (secondary N) is 1. The van der Waals surface area contributed by atoms with Crippen LogP contribution in [0.4, 0.5) is 0 Å². The van der Waals surface area contributed by atoms with E-state index in [1.54, 1.807) is 14.2 Å².